The summed E-state index contributed by atoms with van der Waals surface area (Å²) in [6, 6.07) is 4.01. The first kappa shape index (κ1) is 14.1. The molecule has 0 aromatic heterocycles. The second-order valence-corrected chi connectivity index (χ2v) is 6.16. The fraction of sp³-hybridized carbons (Fsp3) is 0.562. The molecule has 1 aromatic carbocycles. The number of benzene rings is 1. The van der Waals surface area contributed by atoms with Gasteiger partial charge in [-0.15, -0.1) is 0 Å². The Balaban J connectivity index is 2.14. The zero-order valence-corrected chi connectivity index (χ0v) is 12.2. The molecular formula is C16H24N2O. The second kappa shape index (κ2) is 5.33. The van der Waals surface area contributed by atoms with Crippen LogP contribution < -0.4 is 11.1 Å². The SMILES string of the molecule is Cc1cc(C)c(CN)c(C(=O)NCC2(C)CCC2)c1. The van der Waals surface area contributed by atoms with Gasteiger partial charge in [0.15, 0.2) is 0 Å². The molecule has 1 fully saturated rings. The largest absolute Gasteiger partial charge is 0.351 e. The van der Waals surface area contributed by atoms with E-state index in [1.54, 1.807) is 0 Å². The van der Waals surface area contributed by atoms with Gasteiger partial charge in [0, 0.05) is 18.7 Å². The highest BCUT2D eigenvalue weighted by atomic mass is 16.1. The van der Waals surface area contributed by atoms with Crippen LogP contribution in [0.1, 0.15) is 53.2 Å². The van der Waals surface area contributed by atoms with Crippen molar-refractivity contribution in [3.8, 4) is 0 Å². The molecule has 3 heteroatoms. The van der Waals surface area contributed by atoms with Crippen LogP contribution in [0.2, 0.25) is 0 Å². The summed E-state index contributed by atoms with van der Waals surface area (Å²) in [5.74, 6) is 0.0142. The smallest absolute Gasteiger partial charge is 0.251 e. The topological polar surface area (TPSA) is 55.1 Å². The molecule has 0 bridgehead atoms. The van der Waals surface area contributed by atoms with Crippen molar-refractivity contribution in [2.75, 3.05) is 6.54 Å². The van der Waals surface area contributed by atoms with Crippen molar-refractivity contribution >= 4 is 5.91 Å². The number of carbonyl (C=O) groups is 1. The molecule has 104 valence electrons. The van der Waals surface area contributed by atoms with Crippen molar-refractivity contribution in [3.63, 3.8) is 0 Å². The van der Waals surface area contributed by atoms with Crippen LogP contribution in [0.4, 0.5) is 0 Å². The number of aryl methyl sites for hydroxylation is 2. The van der Waals surface area contributed by atoms with E-state index in [1.807, 2.05) is 19.9 Å². The molecule has 2 rings (SSSR count). The zero-order valence-electron chi connectivity index (χ0n) is 12.2. The highest BCUT2D eigenvalue weighted by molar-refractivity contribution is 5.96. The molecular weight excluding hydrogens is 236 g/mol. The van der Waals surface area contributed by atoms with Gasteiger partial charge >= 0.3 is 0 Å². The molecule has 19 heavy (non-hydrogen) atoms. The van der Waals surface area contributed by atoms with Crippen molar-refractivity contribution in [3.05, 3.63) is 34.4 Å². The molecule has 0 aliphatic heterocycles. The molecule has 1 aliphatic rings. The Bertz CT molecular complexity index is 490. The molecule has 1 aliphatic carbocycles. The number of amides is 1. The third kappa shape index (κ3) is 2.98. The molecule has 1 amide bonds. The van der Waals surface area contributed by atoms with E-state index >= 15 is 0 Å². The van der Waals surface area contributed by atoms with Gasteiger partial charge in [0.1, 0.15) is 0 Å². The third-order valence-corrected chi connectivity index (χ3v) is 4.30. The number of nitrogens with two attached hydrogens (primary N) is 1. The van der Waals surface area contributed by atoms with E-state index in [4.69, 9.17) is 5.73 Å². The van der Waals surface area contributed by atoms with Gasteiger partial charge in [-0.2, -0.15) is 0 Å². The second-order valence-electron chi connectivity index (χ2n) is 6.16. The highest BCUT2D eigenvalue weighted by Crippen LogP contribution is 2.39. The Kier molecular flexibility index (Phi) is 3.95. The summed E-state index contributed by atoms with van der Waals surface area (Å²) in [5, 5.41) is 3.08. The molecule has 1 saturated carbocycles. The van der Waals surface area contributed by atoms with Gasteiger partial charge in [0.05, 0.1) is 0 Å². The van der Waals surface area contributed by atoms with Crippen molar-refractivity contribution in [2.45, 2.75) is 46.6 Å². The lowest BCUT2D eigenvalue weighted by atomic mass is 9.70. The predicted molar refractivity (Wildman–Crippen MR) is 78.1 cm³/mol. The molecule has 0 spiro atoms. The minimum atomic E-state index is 0.0142. The van der Waals surface area contributed by atoms with Gasteiger partial charge in [-0.1, -0.05) is 25.0 Å². The lowest BCUT2D eigenvalue weighted by Gasteiger charge is -2.38. The number of carbonyl (C=O) groups excluding carboxylic acids is 1. The standard InChI is InChI=1S/C16H24N2O/c1-11-7-12(2)14(9-17)13(8-11)15(19)18-10-16(3)5-4-6-16/h7-8H,4-6,9-10,17H2,1-3H3,(H,18,19). The van der Waals surface area contributed by atoms with E-state index in [2.05, 4.69) is 18.3 Å². The molecule has 1 aromatic rings. The molecule has 3 nitrogen and oxygen atoms in total. The highest BCUT2D eigenvalue weighted by Gasteiger charge is 2.32. The predicted octanol–water partition coefficient (Wildman–Crippen LogP) is 2.68. The molecule has 0 atom stereocenters. The maximum absolute atomic E-state index is 12.3. The Morgan fingerprint density at radius 2 is 2.05 bits per heavy atom. The Hall–Kier alpha value is -1.35. The van der Waals surface area contributed by atoms with Gasteiger partial charge in [-0.25, -0.2) is 0 Å². The van der Waals surface area contributed by atoms with E-state index in [1.165, 1.54) is 19.3 Å². The van der Waals surface area contributed by atoms with Gasteiger partial charge in [0.25, 0.3) is 5.91 Å². The minimum absolute atomic E-state index is 0.0142. The normalized spacial score (nSPS) is 16.8. The van der Waals surface area contributed by atoms with E-state index in [9.17, 15) is 4.79 Å². The first-order valence-corrected chi connectivity index (χ1v) is 7.03. The van der Waals surface area contributed by atoms with Crippen molar-refractivity contribution in [1.82, 2.24) is 5.32 Å². The summed E-state index contributed by atoms with van der Waals surface area (Å²) in [4.78, 5) is 12.3. The van der Waals surface area contributed by atoms with Gasteiger partial charge in [0.2, 0.25) is 0 Å². The number of nitrogens with one attached hydrogen (secondary N) is 1. The molecule has 0 saturated heterocycles. The molecule has 0 unspecified atom stereocenters. The van der Waals surface area contributed by atoms with Crippen molar-refractivity contribution in [1.29, 1.82) is 0 Å². The quantitative estimate of drug-likeness (QED) is 0.874. The zero-order chi connectivity index (χ0) is 14.0. The third-order valence-electron chi connectivity index (χ3n) is 4.30. The monoisotopic (exact) mass is 260 g/mol. The lowest BCUT2D eigenvalue weighted by molar-refractivity contribution is 0.0889. The number of hydrogen-bond acceptors (Lipinski definition) is 2. The minimum Gasteiger partial charge on any atom is -0.351 e. The summed E-state index contributed by atoms with van der Waals surface area (Å²) < 4.78 is 0. The molecule has 0 radical (unpaired) electrons. The average molecular weight is 260 g/mol. The number of hydrogen-bond donors (Lipinski definition) is 2. The first-order valence-electron chi connectivity index (χ1n) is 7.03. The van der Waals surface area contributed by atoms with Crippen LogP contribution in [-0.2, 0) is 6.54 Å². The maximum atomic E-state index is 12.3. The van der Waals surface area contributed by atoms with E-state index in [0.29, 0.717) is 12.0 Å². The van der Waals surface area contributed by atoms with Crippen LogP contribution in [0.5, 0.6) is 0 Å². The van der Waals surface area contributed by atoms with Crippen LogP contribution in [0, 0.1) is 19.3 Å². The van der Waals surface area contributed by atoms with Crippen LogP contribution in [0.15, 0.2) is 12.1 Å². The Morgan fingerprint density at radius 3 is 2.58 bits per heavy atom. The van der Waals surface area contributed by atoms with Gasteiger partial charge in [-0.3, -0.25) is 4.79 Å². The van der Waals surface area contributed by atoms with E-state index in [-0.39, 0.29) is 5.91 Å². The van der Waals surface area contributed by atoms with Crippen LogP contribution in [0.3, 0.4) is 0 Å². The summed E-state index contributed by atoms with van der Waals surface area (Å²) in [7, 11) is 0. The maximum Gasteiger partial charge on any atom is 0.251 e. The van der Waals surface area contributed by atoms with E-state index in [0.717, 1.165) is 28.8 Å². The van der Waals surface area contributed by atoms with Crippen LogP contribution in [-0.4, -0.2) is 12.5 Å². The number of rotatable bonds is 4. The molecule has 3 N–H and O–H groups in total. The van der Waals surface area contributed by atoms with E-state index < -0.39 is 0 Å². The fourth-order valence-corrected chi connectivity index (χ4v) is 2.82. The summed E-state index contributed by atoms with van der Waals surface area (Å²) in [5.41, 5.74) is 9.99. The van der Waals surface area contributed by atoms with Crippen molar-refractivity contribution < 1.29 is 4.79 Å². The molecule has 0 heterocycles. The Morgan fingerprint density at radius 1 is 1.37 bits per heavy atom. The summed E-state index contributed by atoms with van der Waals surface area (Å²) in [6.45, 7) is 7.44. The average Bonchev–Trinajstić information content (AvgIpc) is 2.32. The van der Waals surface area contributed by atoms with Crippen LogP contribution in [0.25, 0.3) is 0 Å². The summed E-state index contributed by atoms with van der Waals surface area (Å²) in [6.07, 6.45) is 3.71. The van der Waals surface area contributed by atoms with Crippen LogP contribution >= 0.6 is 0 Å². The first-order chi connectivity index (χ1) is 8.95. The Labute approximate surface area is 115 Å². The van der Waals surface area contributed by atoms with Gasteiger partial charge in [-0.05, 0) is 49.3 Å². The lowest BCUT2D eigenvalue weighted by Crippen LogP contribution is -2.40. The fourth-order valence-electron chi connectivity index (χ4n) is 2.82. The van der Waals surface area contributed by atoms with Gasteiger partial charge < -0.3 is 11.1 Å². The van der Waals surface area contributed by atoms with Crippen molar-refractivity contribution in [2.24, 2.45) is 11.1 Å². The summed E-state index contributed by atoms with van der Waals surface area (Å²) >= 11 is 0.